The minimum absolute atomic E-state index is 0.0946. The molecule has 0 saturated carbocycles. The van der Waals surface area contributed by atoms with Crippen molar-refractivity contribution in [1.82, 2.24) is 24.2 Å². The number of rotatable bonds is 5. The van der Waals surface area contributed by atoms with E-state index >= 15 is 0 Å². The van der Waals surface area contributed by atoms with Crippen LogP contribution in [-0.2, 0) is 16.4 Å². The average Bonchev–Trinajstić information content (AvgIpc) is 3.32. The van der Waals surface area contributed by atoms with E-state index in [0.29, 0.717) is 6.42 Å². The summed E-state index contributed by atoms with van der Waals surface area (Å²) < 4.78 is 27.8. The van der Waals surface area contributed by atoms with Gasteiger partial charge in [-0.25, -0.2) is 13.4 Å². The lowest BCUT2D eigenvalue weighted by Gasteiger charge is -2.14. The first kappa shape index (κ1) is 19.8. The van der Waals surface area contributed by atoms with Crippen LogP contribution in [0.3, 0.4) is 0 Å². The Morgan fingerprint density at radius 3 is 2.72 bits per heavy atom. The first-order valence-corrected chi connectivity index (χ1v) is 11.6. The summed E-state index contributed by atoms with van der Waals surface area (Å²) in [5.41, 5.74) is 5.08. The molecule has 0 amide bonds. The lowest BCUT2D eigenvalue weighted by molar-refractivity contribution is 0.402. The largest absolute Gasteiger partial charge is 0.305 e. The SMILES string of the molecule is Cc1nn(C2CCS(=O)(=O)C2)c(C)c1-n1ccnc1-c1cccc(CN(C)C)c1. The Balaban J connectivity index is 1.74. The molecule has 1 saturated heterocycles. The lowest BCUT2D eigenvalue weighted by atomic mass is 10.1. The van der Waals surface area contributed by atoms with Gasteiger partial charge in [-0.3, -0.25) is 9.25 Å². The van der Waals surface area contributed by atoms with Gasteiger partial charge < -0.3 is 4.90 Å². The van der Waals surface area contributed by atoms with Crippen molar-refractivity contribution < 1.29 is 8.42 Å². The van der Waals surface area contributed by atoms with Crippen LogP contribution in [-0.4, -0.2) is 58.3 Å². The number of aryl methyl sites for hydroxylation is 1. The number of nitrogens with zero attached hydrogens (tertiary/aromatic N) is 5. The highest BCUT2D eigenvalue weighted by molar-refractivity contribution is 7.91. The van der Waals surface area contributed by atoms with Gasteiger partial charge in [0, 0.05) is 24.5 Å². The van der Waals surface area contributed by atoms with Gasteiger partial charge in [0.05, 0.1) is 34.6 Å². The third-order valence-corrected chi connectivity index (χ3v) is 7.16. The van der Waals surface area contributed by atoms with E-state index in [-0.39, 0.29) is 17.5 Å². The molecule has 3 aromatic rings. The Bertz CT molecular complexity index is 1140. The van der Waals surface area contributed by atoms with Crippen molar-refractivity contribution in [3.63, 3.8) is 0 Å². The van der Waals surface area contributed by atoms with Crippen LogP contribution < -0.4 is 0 Å². The Morgan fingerprint density at radius 1 is 1.24 bits per heavy atom. The summed E-state index contributed by atoms with van der Waals surface area (Å²) in [6.45, 7) is 4.84. The zero-order valence-corrected chi connectivity index (χ0v) is 18.1. The van der Waals surface area contributed by atoms with Gasteiger partial charge in [-0.15, -0.1) is 0 Å². The predicted molar refractivity (Wildman–Crippen MR) is 114 cm³/mol. The maximum atomic E-state index is 11.9. The van der Waals surface area contributed by atoms with Gasteiger partial charge in [-0.05, 0) is 46.0 Å². The third-order valence-electron chi connectivity index (χ3n) is 5.41. The van der Waals surface area contributed by atoms with E-state index in [2.05, 4.69) is 52.8 Å². The minimum Gasteiger partial charge on any atom is -0.305 e. The Hall–Kier alpha value is -2.45. The molecule has 0 aliphatic carbocycles. The van der Waals surface area contributed by atoms with Crippen molar-refractivity contribution in [2.75, 3.05) is 25.6 Å². The first-order chi connectivity index (χ1) is 13.7. The zero-order valence-electron chi connectivity index (χ0n) is 17.3. The van der Waals surface area contributed by atoms with E-state index in [0.717, 1.165) is 35.0 Å². The van der Waals surface area contributed by atoms with Crippen LogP contribution in [0.2, 0.25) is 0 Å². The fraction of sp³-hybridized carbons (Fsp3) is 0.429. The maximum Gasteiger partial charge on any atom is 0.152 e. The van der Waals surface area contributed by atoms with E-state index < -0.39 is 9.84 Å². The summed E-state index contributed by atoms with van der Waals surface area (Å²) in [6, 6.07) is 8.31. The number of benzene rings is 1. The molecule has 3 heterocycles. The van der Waals surface area contributed by atoms with E-state index in [1.54, 1.807) is 6.20 Å². The summed E-state index contributed by atoms with van der Waals surface area (Å²) >= 11 is 0. The van der Waals surface area contributed by atoms with Crippen molar-refractivity contribution in [2.24, 2.45) is 0 Å². The van der Waals surface area contributed by atoms with Crippen LogP contribution in [0, 0.1) is 13.8 Å². The topological polar surface area (TPSA) is 73.0 Å². The van der Waals surface area contributed by atoms with Gasteiger partial charge in [0.1, 0.15) is 5.82 Å². The van der Waals surface area contributed by atoms with Crippen molar-refractivity contribution in [3.8, 4) is 17.1 Å². The summed E-state index contributed by atoms with van der Waals surface area (Å²) in [5, 5.41) is 4.70. The molecule has 29 heavy (non-hydrogen) atoms. The van der Waals surface area contributed by atoms with Crippen LogP contribution in [0.4, 0.5) is 0 Å². The normalized spacial score (nSPS) is 18.6. The molecule has 7 nitrogen and oxygen atoms in total. The molecule has 4 rings (SSSR count). The van der Waals surface area contributed by atoms with Crippen LogP contribution in [0.25, 0.3) is 17.1 Å². The molecule has 0 radical (unpaired) electrons. The highest BCUT2D eigenvalue weighted by atomic mass is 32.2. The van der Waals surface area contributed by atoms with Gasteiger partial charge in [-0.1, -0.05) is 18.2 Å². The molecule has 1 aromatic carbocycles. The average molecular weight is 414 g/mol. The highest BCUT2D eigenvalue weighted by Crippen LogP contribution is 2.31. The van der Waals surface area contributed by atoms with E-state index in [9.17, 15) is 8.42 Å². The molecule has 0 spiro atoms. The van der Waals surface area contributed by atoms with E-state index in [1.165, 1.54) is 5.56 Å². The number of hydrogen-bond acceptors (Lipinski definition) is 5. The molecule has 1 atom stereocenters. The van der Waals surface area contributed by atoms with Crippen molar-refractivity contribution in [1.29, 1.82) is 0 Å². The monoisotopic (exact) mass is 413 g/mol. The molecule has 0 bridgehead atoms. The Labute approximate surface area is 171 Å². The standard InChI is InChI=1S/C21H27N5O2S/c1-15-20(16(2)26(23-15)19-8-11-29(27,28)14-19)25-10-9-22-21(25)18-7-5-6-17(12-18)13-24(3)4/h5-7,9-10,12,19H,8,11,13-14H2,1-4H3. The summed E-state index contributed by atoms with van der Waals surface area (Å²) in [4.78, 5) is 6.75. The van der Waals surface area contributed by atoms with Crippen LogP contribution in [0.1, 0.15) is 29.4 Å². The zero-order chi connectivity index (χ0) is 20.8. The number of hydrogen-bond donors (Lipinski definition) is 0. The van der Waals surface area contributed by atoms with Crippen molar-refractivity contribution in [3.05, 3.63) is 53.6 Å². The molecular weight excluding hydrogens is 386 g/mol. The van der Waals surface area contributed by atoms with Gasteiger partial charge >= 0.3 is 0 Å². The van der Waals surface area contributed by atoms with E-state index in [4.69, 9.17) is 5.10 Å². The van der Waals surface area contributed by atoms with Crippen LogP contribution in [0.5, 0.6) is 0 Å². The molecule has 0 N–H and O–H groups in total. The fourth-order valence-corrected chi connectivity index (χ4v) is 5.89. The van der Waals surface area contributed by atoms with Gasteiger partial charge in [-0.2, -0.15) is 5.10 Å². The second-order valence-corrected chi connectivity index (χ2v) is 10.3. The number of imidazole rings is 1. The van der Waals surface area contributed by atoms with Crippen molar-refractivity contribution >= 4 is 9.84 Å². The quantitative estimate of drug-likeness (QED) is 0.643. The minimum atomic E-state index is -2.97. The summed E-state index contributed by atoms with van der Waals surface area (Å²) in [7, 11) is 1.14. The second kappa shape index (κ2) is 7.42. The number of aromatic nitrogens is 4. The molecule has 1 aliphatic heterocycles. The third kappa shape index (κ3) is 3.86. The predicted octanol–water partition coefficient (Wildman–Crippen LogP) is 2.77. The molecule has 2 aromatic heterocycles. The Morgan fingerprint density at radius 2 is 2.03 bits per heavy atom. The smallest absolute Gasteiger partial charge is 0.152 e. The molecular formula is C21H27N5O2S. The lowest BCUT2D eigenvalue weighted by Crippen LogP contribution is -2.14. The van der Waals surface area contributed by atoms with Crippen LogP contribution in [0.15, 0.2) is 36.7 Å². The van der Waals surface area contributed by atoms with Gasteiger partial charge in [0.25, 0.3) is 0 Å². The fourth-order valence-electron chi connectivity index (χ4n) is 4.20. The van der Waals surface area contributed by atoms with Gasteiger partial charge in [0.2, 0.25) is 0 Å². The molecule has 8 heteroatoms. The van der Waals surface area contributed by atoms with Crippen LogP contribution >= 0.6 is 0 Å². The highest BCUT2D eigenvalue weighted by Gasteiger charge is 2.32. The van der Waals surface area contributed by atoms with E-state index in [1.807, 2.05) is 24.7 Å². The Kier molecular flexibility index (Phi) is 5.08. The second-order valence-electron chi connectivity index (χ2n) is 8.08. The molecule has 1 fully saturated rings. The molecule has 1 aliphatic rings. The summed E-state index contributed by atoms with van der Waals surface area (Å²) in [6.07, 6.45) is 4.36. The van der Waals surface area contributed by atoms with Gasteiger partial charge in [0.15, 0.2) is 9.84 Å². The number of sulfone groups is 1. The molecule has 1 unspecified atom stereocenters. The summed E-state index contributed by atoms with van der Waals surface area (Å²) in [5.74, 6) is 1.26. The van der Waals surface area contributed by atoms with Crippen molar-refractivity contribution in [2.45, 2.75) is 32.9 Å². The maximum absolute atomic E-state index is 11.9. The molecule has 154 valence electrons. The first-order valence-electron chi connectivity index (χ1n) is 9.79.